The molecule has 1 aromatic rings. The van der Waals surface area contributed by atoms with Crippen molar-refractivity contribution < 1.29 is 4.39 Å². The van der Waals surface area contributed by atoms with Crippen LogP contribution in [0.2, 0.25) is 0 Å². The zero-order valence-corrected chi connectivity index (χ0v) is 8.89. The lowest BCUT2D eigenvalue weighted by Gasteiger charge is -2.12. The summed E-state index contributed by atoms with van der Waals surface area (Å²) in [6, 6.07) is 5.04. The Labute approximate surface area is 85.1 Å². The lowest BCUT2D eigenvalue weighted by molar-refractivity contribution is 0.621. The Morgan fingerprint density at radius 1 is 1.36 bits per heavy atom. The van der Waals surface area contributed by atoms with Crippen molar-refractivity contribution in [1.29, 1.82) is 0 Å². The normalized spacial score (nSPS) is 10.9. The van der Waals surface area contributed by atoms with Crippen LogP contribution in [0.4, 0.5) is 4.39 Å². The Morgan fingerprint density at radius 2 is 2.07 bits per heavy atom. The molecule has 0 aliphatic carbocycles. The van der Waals surface area contributed by atoms with Crippen LogP contribution in [0, 0.1) is 5.82 Å². The van der Waals surface area contributed by atoms with Gasteiger partial charge in [-0.05, 0) is 48.6 Å². The molecule has 78 valence electrons. The number of hydrogen-bond donors (Lipinski definition) is 1. The predicted octanol–water partition coefficient (Wildman–Crippen LogP) is 2.84. The zero-order valence-electron chi connectivity index (χ0n) is 8.89. The number of aryl methyl sites for hydroxylation is 1. The molecule has 14 heavy (non-hydrogen) atoms. The minimum absolute atomic E-state index is 0.151. The van der Waals surface area contributed by atoms with Crippen LogP contribution in [0.5, 0.6) is 0 Å². The molecule has 0 aliphatic heterocycles. The third-order valence-corrected chi connectivity index (χ3v) is 2.38. The van der Waals surface area contributed by atoms with Crippen LogP contribution >= 0.6 is 0 Å². The van der Waals surface area contributed by atoms with Crippen molar-refractivity contribution >= 4 is 0 Å². The van der Waals surface area contributed by atoms with Crippen LogP contribution in [0.25, 0.3) is 0 Å². The molecule has 0 saturated carbocycles. The molecular weight excluding hydrogens is 177 g/mol. The number of benzene rings is 1. The maximum absolute atomic E-state index is 13.0. The van der Waals surface area contributed by atoms with E-state index >= 15 is 0 Å². The van der Waals surface area contributed by atoms with E-state index in [0.29, 0.717) is 12.5 Å². The fraction of sp³-hybridized carbons (Fsp3) is 0.500. The lowest BCUT2D eigenvalue weighted by Crippen LogP contribution is -2.03. The third-order valence-electron chi connectivity index (χ3n) is 2.38. The fourth-order valence-electron chi connectivity index (χ4n) is 1.65. The van der Waals surface area contributed by atoms with E-state index in [-0.39, 0.29) is 5.82 Å². The fourth-order valence-corrected chi connectivity index (χ4v) is 1.65. The number of halogens is 1. The summed E-state index contributed by atoms with van der Waals surface area (Å²) in [5.41, 5.74) is 7.79. The van der Waals surface area contributed by atoms with Gasteiger partial charge >= 0.3 is 0 Å². The number of hydrogen-bond acceptors (Lipinski definition) is 1. The minimum Gasteiger partial charge on any atom is -0.330 e. The minimum atomic E-state index is -0.151. The van der Waals surface area contributed by atoms with Crippen molar-refractivity contribution in [2.45, 2.75) is 32.6 Å². The van der Waals surface area contributed by atoms with Crippen LogP contribution in [0.15, 0.2) is 18.2 Å². The highest BCUT2D eigenvalue weighted by atomic mass is 19.1. The number of nitrogens with two attached hydrogens (primary N) is 1. The molecule has 0 fully saturated rings. The largest absolute Gasteiger partial charge is 0.330 e. The van der Waals surface area contributed by atoms with Gasteiger partial charge in [0.05, 0.1) is 0 Å². The smallest absolute Gasteiger partial charge is 0.123 e. The molecule has 2 N–H and O–H groups in total. The molecular formula is C12H18FN. The maximum Gasteiger partial charge on any atom is 0.123 e. The summed E-state index contributed by atoms with van der Waals surface area (Å²) in [6.45, 7) is 4.91. The summed E-state index contributed by atoms with van der Waals surface area (Å²) in [6.07, 6.45) is 1.80. The van der Waals surface area contributed by atoms with Crippen molar-refractivity contribution in [2.24, 2.45) is 5.73 Å². The highest BCUT2D eigenvalue weighted by Gasteiger charge is 2.06. The number of rotatable bonds is 4. The van der Waals surface area contributed by atoms with E-state index in [2.05, 4.69) is 13.8 Å². The summed E-state index contributed by atoms with van der Waals surface area (Å²) in [7, 11) is 0. The first kappa shape index (κ1) is 11.2. The van der Waals surface area contributed by atoms with Crippen molar-refractivity contribution in [3.63, 3.8) is 0 Å². The van der Waals surface area contributed by atoms with E-state index in [9.17, 15) is 4.39 Å². The van der Waals surface area contributed by atoms with E-state index in [0.717, 1.165) is 18.4 Å². The van der Waals surface area contributed by atoms with Gasteiger partial charge in [-0.3, -0.25) is 0 Å². The average Bonchev–Trinajstić information content (AvgIpc) is 2.14. The van der Waals surface area contributed by atoms with Crippen LogP contribution in [0.3, 0.4) is 0 Å². The Hall–Kier alpha value is -0.890. The highest BCUT2D eigenvalue weighted by Crippen LogP contribution is 2.21. The van der Waals surface area contributed by atoms with Gasteiger partial charge in [0.25, 0.3) is 0 Å². The average molecular weight is 195 g/mol. The molecule has 0 bridgehead atoms. The van der Waals surface area contributed by atoms with Crippen LogP contribution in [0.1, 0.15) is 37.3 Å². The first-order chi connectivity index (χ1) is 6.65. The Kier molecular flexibility index (Phi) is 4.08. The first-order valence-corrected chi connectivity index (χ1v) is 5.13. The molecule has 0 amide bonds. The van der Waals surface area contributed by atoms with Gasteiger partial charge in [0.2, 0.25) is 0 Å². The second-order valence-electron chi connectivity index (χ2n) is 3.89. The Morgan fingerprint density at radius 3 is 2.64 bits per heavy atom. The molecule has 0 radical (unpaired) electrons. The van der Waals surface area contributed by atoms with E-state index in [1.165, 1.54) is 11.6 Å². The van der Waals surface area contributed by atoms with E-state index < -0.39 is 0 Å². The lowest BCUT2D eigenvalue weighted by atomic mass is 9.94. The second-order valence-corrected chi connectivity index (χ2v) is 3.89. The van der Waals surface area contributed by atoms with Gasteiger partial charge in [0.1, 0.15) is 5.82 Å². The zero-order chi connectivity index (χ0) is 10.6. The summed E-state index contributed by atoms with van der Waals surface area (Å²) < 4.78 is 13.0. The molecule has 0 unspecified atom stereocenters. The van der Waals surface area contributed by atoms with E-state index in [1.54, 1.807) is 6.07 Å². The molecule has 0 heterocycles. The summed E-state index contributed by atoms with van der Waals surface area (Å²) in [5, 5.41) is 0. The standard InChI is InChI=1S/C12H18FN/c1-9(2)12-6-5-11(13)8-10(12)4-3-7-14/h5-6,8-9H,3-4,7,14H2,1-2H3. The molecule has 1 aromatic carbocycles. The summed E-state index contributed by atoms with van der Waals surface area (Å²) >= 11 is 0. The van der Waals surface area contributed by atoms with Gasteiger partial charge < -0.3 is 5.73 Å². The summed E-state index contributed by atoms with van der Waals surface area (Å²) in [5.74, 6) is 0.296. The van der Waals surface area contributed by atoms with Crippen molar-refractivity contribution in [2.75, 3.05) is 6.54 Å². The topological polar surface area (TPSA) is 26.0 Å². The highest BCUT2D eigenvalue weighted by molar-refractivity contribution is 5.30. The van der Waals surface area contributed by atoms with Gasteiger partial charge in [0.15, 0.2) is 0 Å². The Balaban J connectivity index is 2.91. The van der Waals surface area contributed by atoms with Gasteiger partial charge in [-0.1, -0.05) is 19.9 Å². The molecule has 1 rings (SSSR count). The monoisotopic (exact) mass is 195 g/mol. The van der Waals surface area contributed by atoms with Crippen molar-refractivity contribution in [1.82, 2.24) is 0 Å². The Bertz CT molecular complexity index is 294. The van der Waals surface area contributed by atoms with Crippen LogP contribution in [-0.2, 0) is 6.42 Å². The molecule has 0 spiro atoms. The van der Waals surface area contributed by atoms with Crippen LogP contribution < -0.4 is 5.73 Å². The van der Waals surface area contributed by atoms with Crippen molar-refractivity contribution in [3.05, 3.63) is 35.1 Å². The maximum atomic E-state index is 13.0. The molecule has 0 saturated heterocycles. The quantitative estimate of drug-likeness (QED) is 0.785. The van der Waals surface area contributed by atoms with Gasteiger partial charge in [0, 0.05) is 0 Å². The molecule has 0 aromatic heterocycles. The van der Waals surface area contributed by atoms with Gasteiger partial charge in [-0.15, -0.1) is 0 Å². The molecule has 2 heteroatoms. The second kappa shape index (κ2) is 5.11. The molecule has 0 aliphatic rings. The first-order valence-electron chi connectivity index (χ1n) is 5.13. The van der Waals surface area contributed by atoms with E-state index in [4.69, 9.17) is 5.73 Å². The van der Waals surface area contributed by atoms with Crippen molar-refractivity contribution in [3.8, 4) is 0 Å². The SMILES string of the molecule is CC(C)c1ccc(F)cc1CCCN. The van der Waals surface area contributed by atoms with Gasteiger partial charge in [-0.2, -0.15) is 0 Å². The molecule has 0 atom stereocenters. The summed E-state index contributed by atoms with van der Waals surface area (Å²) in [4.78, 5) is 0. The third kappa shape index (κ3) is 2.81. The predicted molar refractivity (Wildman–Crippen MR) is 57.9 cm³/mol. The van der Waals surface area contributed by atoms with Crippen LogP contribution in [-0.4, -0.2) is 6.54 Å². The van der Waals surface area contributed by atoms with Gasteiger partial charge in [-0.25, -0.2) is 4.39 Å². The molecule has 1 nitrogen and oxygen atoms in total. The van der Waals surface area contributed by atoms with E-state index in [1.807, 2.05) is 6.07 Å².